The molecule has 114 valence electrons. The maximum Gasteiger partial charge on any atom is 0.260 e. The molecule has 1 unspecified atom stereocenters. The van der Waals surface area contributed by atoms with E-state index < -0.39 is 0 Å². The van der Waals surface area contributed by atoms with Crippen LogP contribution in [0.15, 0.2) is 24.3 Å². The van der Waals surface area contributed by atoms with Crippen molar-refractivity contribution in [3.63, 3.8) is 0 Å². The topological polar surface area (TPSA) is 55.6 Å². The van der Waals surface area contributed by atoms with Gasteiger partial charge in [-0.1, -0.05) is 37.2 Å². The molecule has 1 heterocycles. The van der Waals surface area contributed by atoms with Crippen LogP contribution >= 0.6 is 12.2 Å². The van der Waals surface area contributed by atoms with Crippen LogP contribution in [0.4, 0.5) is 0 Å². The van der Waals surface area contributed by atoms with Crippen molar-refractivity contribution in [3.05, 3.63) is 29.8 Å². The fourth-order valence-corrected chi connectivity index (χ4v) is 2.83. The van der Waals surface area contributed by atoms with E-state index in [0.29, 0.717) is 11.3 Å². The predicted octanol–water partition coefficient (Wildman–Crippen LogP) is 2.49. The van der Waals surface area contributed by atoms with Gasteiger partial charge in [-0.05, 0) is 31.9 Å². The number of hydrogen-bond donors (Lipinski definition) is 1. The van der Waals surface area contributed by atoms with E-state index in [1.807, 2.05) is 17.0 Å². The summed E-state index contributed by atoms with van der Waals surface area (Å²) in [6, 6.07) is 7.56. The molecule has 2 N–H and O–H groups in total. The molecule has 0 saturated carbocycles. The molecule has 1 aromatic rings. The number of para-hydroxylation sites is 1. The van der Waals surface area contributed by atoms with E-state index >= 15 is 0 Å². The van der Waals surface area contributed by atoms with E-state index in [1.165, 1.54) is 12.8 Å². The summed E-state index contributed by atoms with van der Waals surface area (Å²) < 4.78 is 5.64. The SMILES string of the molecule is CC1CCCCCN1C(=O)COc1ccccc1C(N)=S. The lowest BCUT2D eigenvalue weighted by atomic mass is 10.1. The number of carbonyl (C=O) groups excluding carboxylic acids is 1. The zero-order valence-corrected chi connectivity index (χ0v) is 13.2. The molecule has 1 aliphatic rings. The summed E-state index contributed by atoms with van der Waals surface area (Å²) in [6.45, 7) is 2.95. The van der Waals surface area contributed by atoms with Crippen LogP contribution in [0.5, 0.6) is 5.75 Å². The van der Waals surface area contributed by atoms with Crippen LogP contribution in [0.3, 0.4) is 0 Å². The summed E-state index contributed by atoms with van der Waals surface area (Å²) in [5, 5.41) is 0. The lowest BCUT2D eigenvalue weighted by Gasteiger charge is -2.27. The Morgan fingerprint density at radius 1 is 1.38 bits per heavy atom. The lowest BCUT2D eigenvalue weighted by molar-refractivity contribution is -0.135. The van der Waals surface area contributed by atoms with Crippen molar-refractivity contribution < 1.29 is 9.53 Å². The quantitative estimate of drug-likeness (QED) is 0.868. The summed E-state index contributed by atoms with van der Waals surface area (Å²) in [5.41, 5.74) is 6.33. The first-order valence-electron chi connectivity index (χ1n) is 7.40. The Bertz CT molecular complexity index is 519. The van der Waals surface area contributed by atoms with Gasteiger partial charge in [-0.2, -0.15) is 0 Å². The standard InChI is InChI=1S/C16H22N2O2S/c1-12-7-3-2-6-10-18(12)15(19)11-20-14-9-5-4-8-13(14)16(17)21/h4-5,8-9,12H,2-3,6-7,10-11H2,1H3,(H2,17,21). The fraction of sp³-hybridized carbons (Fsp3) is 0.500. The molecule has 0 radical (unpaired) electrons. The monoisotopic (exact) mass is 306 g/mol. The molecule has 1 aliphatic heterocycles. The molecule has 5 heteroatoms. The number of hydrogen-bond acceptors (Lipinski definition) is 3. The van der Waals surface area contributed by atoms with Crippen molar-refractivity contribution in [2.75, 3.05) is 13.2 Å². The number of amides is 1. The molecule has 1 fully saturated rings. The van der Waals surface area contributed by atoms with Gasteiger partial charge in [-0.25, -0.2) is 0 Å². The molecule has 0 aromatic heterocycles. The van der Waals surface area contributed by atoms with Gasteiger partial charge in [0.1, 0.15) is 10.7 Å². The molecule has 0 bridgehead atoms. The van der Waals surface area contributed by atoms with Gasteiger partial charge in [0.05, 0.1) is 5.56 Å². The summed E-state index contributed by atoms with van der Waals surface area (Å²) in [5.74, 6) is 0.600. The highest BCUT2D eigenvalue weighted by Gasteiger charge is 2.22. The van der Waals surface area contributed by atoms with E-state index in [0.717, 1.165) is 19.4 Å². The number of thiocarbonyl (C=S) groups is 1. The molecular weight excluding hydrogens is 284 g/mol. The van der Waals surface area contributed by atoms with Crippen LogP contribution in [0.25, 0.3) is 0 Å². The van der Waals surface area contributed by atoms with Gasteiger partial charge in [0.25, 0.3) is 5.91 Å². The van der Waals surface area contributed by atoms with Crippen LogP contribution in [-0.2, 0) is 4.79 Å². The third kappa shape index (κ3) is 4.17. The van der Waals surface area contributed by atoms with Gasteiger partial charge in [0.2, 0.25) is 0 Å². The Hall–Kier alpha value is -1.62. The fourth-order valence-electron chi connectivity index (χ4n) is 2.66. The van der Waals surface area contributed by atoms with E-state index in [2.05, 4.69) is 6.92 Å². The number of benzene rings is 1. The van der Waals surface area contributed by atoms with Crippen molar-refractivity contribution in [2.45, 2.75) is 38.6 Å². The minimum absolute atomic E-state index is 0.0298. The summed E-state index contributed by atoms with van der Waals surface area (Å²) in [7, 11) is 0. The number of likely N-dealkylation sites (tertiary alicyclic amines) is 1. The molecule has 1 atom stereocenters. The smallest absolute Gasteiger partial charge is 0.260 e. The summed E-state index contributed by atoms with van der Waals surface area (Å²) in [4.78, 5) is 14.6. The van der Waals surface area contributed by atoms with Gasteiger partial charge in [0, 0.05) is 12.6 Å². The molecule has 4 nitrogen and oxygen atoms in total. The molecule has 1 saturated heterocycles. The van der Waals surface area contributed by atoms with Crippen LogP contribution in [-0.4, -0.2) is 35.0 Å². The van der Waals surface area contributed by atoms with E-state index in [-0.39, 0.29) is 23.5 Å². The van der Waals surface area contributed by atoms with Gasteiger partial charge in [-0.15, -0.1) is 0 Å². The largest absolute Gasteiger partial charge is 0.483 e. The Kier molecular flexibility index (Phi) is 5.56. The number of rotatable bonds is 4. The number of nitrogens with two attached hydrogens (primary N) is 1. The second-order valence-electron chi connectivity index (χ2n) is 5.43. The van der Waals surface area contributed by atoms with Crippen molar-refractivity contribution in [1.82, 2.24) is 4.90 Å². The zero-order valence-electron chi connectivity index (χ0n) is 12.4. The predicted molar refractivity (Wildman–Crippen MR) is 87.5 cm³/mol. The Balaban J connectivity index is 1.99. The lowest BCUT2D eigenvalue weighted by Crippen LogP contribution is -2.41. The first kappa shape index (κ1) is 15.8. The van der Waals surface area contributed by atoms with Crippen LogP contribution < -0.4 is 10.5 Å². The molecule has 2 rings (SSSR count). The van der Waals surface area contributed by atoms with Crippen LogP contribution in [0, 0.1) is 0 Å². The van der Waals surface area contributed by atoms with E-state index in [9.17, 15) is 4.79 Å². The van der Waals surface area contributed by atoms with Crippen LogP contribution in [0.1, 0.15) is 38.2 Å². The average molecular weight is 306 g/mol. The molecular formula is C16H22N2O2S. The van der Waals surface area contributed by atoms with Crippen molar-refractivity contribution in [3.8, 4) is 5.75 Å². The molecule has 0 aliphatic carbocycles. The molecule has 21 heavy (non-hydrogen) atoms. The minimum atomic E-state index is 0.0298. The zero-order chi connectivity index (χ0) is 15.2. The Morgan fingerprint density at radius 3 is 2.90 bits per heavy atom. The van der Waals surface area contributed by atoms with Gasteiger partial charge >= 0.3 is 0 Å². The third-order valence-electron chi connectivity index (χ3n) is 3.88. The molecule has 0 spiro atoms. The van der Waals surface area contributed by atoms with Crippen molar-refractivity contribution >= 4 is 23.1 Å². The second kappa shape index (κ2) is 7.41. The summed E-state index contributed by atoms with van der Waals surface area (Å²) in [6.07, 6.45) is 4.52. The van der Waals surface area contributed by atoms with Crippen molar-refractivity contribution in [1.29, 1.82) is 0 Å². The molecule has 1 amide bonds. The average Bonchev–Trinajstić information content (AvgIpc) is 2.69. The van der Waals surface area contributed by atoms with E-state index in [1.54, 1.807) is 12.1 Å². The highest BCUT2D eigenvalue weighted by molar-refractivity contribution is 7.80. The highest BCUT2D eigenvalue weighted by Crippen LogP contribution is 2.19. The molecule has 1 aromatic carbocycles. The number of nitrogens with zero attached hydrogens (tertiary/aromatic N) is 1. The normalized spacial score (nSPS) is 18.9. The van der Waals surface area contributed by atoms with Crippen molar-refractivity contribution in [2.24, 2.45) is 5.73 Å². The van der Waals surface area contributed by atoms with Crippen LogP contribution in [0.2, 0.25) is 0 Å². The first-order chi connectivity index (χ1) is 10.1. The summed E-state index contributed by atoms with van der Waals surface area (Å²) >= 11 is 4.99. The van der Waals surface area contributed by atoms with Gasteiger partial charge in [0.15, 0.2) is 6.61 Å². The van der Waals surface area contributed by atoms with Gasteiger partial charge < -0.3 is 15.4 Å². The second-order valence-corrected chi connectivity index (χ2v) is 5.87. The Morgan fingerprint density at radius 2 is 2.14 bits per heavy atom. The maximum absolute atomic E-state index is 12.4. The highest BCUT2D eigenvalue weighted by atomic mass is 32.1. The Labute approximate surface area is 131 Å². The van der Waals surface area contributed by atoms with Gasteiger partial charge in [-0.3, -0.25) is 4.79 Å². The third-order valence-corrected chi connectivity index (χ3v) is 4.10. The number of ether oxygens (including phenoxy) is 1. The first-order valence-corrected chi connectivity index (χ1v) is 7.81. The number of carbonyl (C=O) groups is 1. The maximum atomic E-state index is 12.4. The van der Waals surface area contributed by atoms with E-state index in [4.69, 9.17) is 22.7 Å². The minimum Gasteiger partial charge on any atom is -0.483 e.